The fourth-order valence-corrected chi connectivity index (χ4v) is 2.63. The summed E-state index contributed by atoms with van der Waals surface area (Å²) in [5.41, 5.74) is -0.619. The van der Waals surface area contributed by atoms with Crippen LogP contribution >= 0.6 is 0 Å². The standard InChI is InChI=1S/C12H23NO3/c1-3-6-12(11(14)15)7-5-8-13(12)9-10-16-4-2/h3-10H2,1-2H3,(H,14,15). The number of hydrogen-bond acceptors (Lipinski definition) is 3. The largest absolute Gasteiger partial charge is 0.480 e. The number of nitrogens with zero attached hydrogens (tertiary/aromatic N) is 1. The van der Waals surface area contributed by atoms with Gasteiger partial charge in [-0.05, 0) is 32.7 Å². The lowest BCUT2D eigenvalue weighted by Gasteiger charge is -2.34. The summed E-state index contributed by atoms with van der Waals surface area (Å²) in [6.45, 7) is 6.96. The van der Waals surface area contributed by atoms with Crippen LogP contribution in [0.25, 0.3) is 0 Å². The summed E-state index contributed by atoms with van der Waals surface area (Å²) in [6.07, 6.45) is 3.42. The Kier molecular flexibility index (Phi) is 5.22. The van der Waals surface area contributed by atoms with E-state index >= 15 is 0 Å². The Morgan fingerprint density at radius 2 is 2.25 bits per heavy atom. The monoisotopic (exact) mass is 229 g/mol. The quantitative estimate of drug-likeness (QED) is 0.676. The lowest BCUT2D eigenvalue weighted by molar-refractivity contribution is -0.150. The van der Waals surface area contributed by atoms with Crippen LogP contribution < -0.4 is 0 Å². The van der Waals surface area contributed by atoms with Gasteiger partial charge in [0.15, 0.2) is 0 Å². The molecule has 0 aromatic heterocycles. The summed E-state index contributed by atoms with van der Waals surface area (Å²) in [5.74, 6) is -0.664. The normalized spacial score (nSPS) is 26.1. The fourth-order valence-electron chi connectivity index (χ4n) is 2.63. The lowest BCUT2D eigenvalue weighted by Crippen LogP contribution is -2.51. The molecule has 4 nitrogen and oxygen atoms in total. The number of ether oxygens (including phenoxy) is 1. The number of likely N-dealkylation sites (tertiary alicyclic amines) is 1. The molecule has 0 aromatic carbocycles. The molecule has 1 aliphatic rings. The third-order valence-corrected chi connectivity index (χ3v) is 3.40. The van der Waals surface area contributed by atoms with Crippen LogP contribution in [-0.4, -0.2) is 47.8 Å². The molecule has 1 fully saturated rings. The summed E-state index contributed by atoms with van der Waals surface area (Å²) in [6, 6.07) is 0. The third kappa shape index (κ3) is 2.74. The first-order valence-corrected chi connectivity index (χ1v) is 6.23. The summed E-state index contributed by atoms with van der Waals surface area (Å²) < 4.78 is 5.31. The van der Waals surface area contributed by atoms with Gasteiger partial charge < -0.3 is 9.84 Å². The first-order valence-electron chi connectivity index (χ1n) is 6.23. The second kappa shape index (κ2) is 6.21. The lowest BCUT2D eigenvalue weighted by atomic mass is 9.91. The highest BCUT2D eigenvalue weighted by Gasteiger charge is 2.46. The SMILES string of the molecule is CCCC1(C(=O)O)CCCN1CCOCC. The highest BCUT2D eigenvalue weighted by atomic mass is 16.5. The molecule has 0 aliphatic carbocycles. The van der Waals surface area contributed by atoms with Gasteiger partial charge in [0.25, 0.3) is 0 Å². The number of rotatable bonds is 7. The smallest absolute Gasteiger partial charge is 0.324 e. The van der Waals surface area contributed by atoms with Gasteiger partial charge in [-0.3, -0.25) is 9.69 Å². The molecular formula is C12H23NO3. The van der Waals surface area contributed by atoms with Gasteiger partial charge in [0.1, 0.15) is 5.54 Å². The van der Waals surface area contributed by atoms with Crippen LogP contribution in [0, 0.1) is 0 Å². The number of hydrogen-bond donors (Lipinski definition) is 1. The van der Waals surface area contributed by atoms with Crippen LogP contribution in [0.1, 0.15) is 39.5 Å². The van der Waals surface area contributed by atoms with Gasteiger partial charge >= 0.3 is 5.97 Å². The molecule has 1 heterocycles. The van der Waals surface area contributed by atoms with Crippen molar-refractivity contribution < 1.29 is 14.6 Å². The van der Waals surface area contributed by atoms with Crippen molar-refractivity contribution in [1.29, 1.82) is 0 Å². The fraction of sp³-hybridized carbons (Fsp3) is 0.917. The Bertz CT molecular complexity index is 232. The summed E-state index contributed by atoms with van der Waals surface area (Å²) >= 11 is 0. The van der Waals surface area contributed by atoms with Gasteiger partial charge in [0.05, 0.1) is 6.61 Å². The number of carboxylic acid groups (broad SMARTS) is 1. The molecule has 1 saturated heterocycles. The zero-order chi connectivity index (χ0) is 12.0. The minimum absolute atomic E-state index is 0.619. The van der Waals surface area contributed by atoms with E-state index in [4.69, 9.17) is 4.74 Å². The minimum atomic E-state index is -0.664. The first kappa shape index (κ1) is 13.5. The maximum atomic E-state index is 11.5. The summed E-state index contributed by atoms with van der Waals surface area (Å²) in [4.78, 5) is 13.6. The van der Waals surface area contributed by atoms with Gasteiger partial charge in [-0.2, -0.15) is 0 Å². The number of aliphatic carboxylic acids is 1. The van der Waals surface area contributed by atoms with Crippen molar-refractivity contribution in [2.24, 2.45) is 0 Å². The van der Waals surface area contributed by atoms with E-state index in [1.165, 1.54) is 0 Å². The van der Waals surface area contributed by atoms with E-state index in [9.17, 15) is 9.90 Å². The molecule has 1 rings (SSSR count). The number of carbonyl (C=O) groups is 1. The molecule has 16 heavy (non-hydrogen) atoms. The van der Waals surface area contributed by atoms with E-state index in [1.54, 1.807) is 0 Å². The van der Waals surface area contributed by atoms with Crippen LogP contribution in [0.3, 0.4) is 0 Å². The molecule has 0 amide bonds. The summed E-state index contributed by atoms with van der Waals surface area (Å²) in [7, 11) is 0. The van der Waals surface area contributed by atoms with Crippen LogP contribution in [0.4, 0.5) is 0 Å². The van der Waals surface area contributed by atoms with E-state index in [1.807, 2.05) is 13.8 Å². The molecule has 1 N–H and O–H groups in total. The Morgan fingerprint density at radius 1 is 1.50 bits per heavy atom. The molecular weight excluding hydrogens is 206 g/mol. The number of carboxylic acids is 1. The molecule has 4 heteroatoms. The molecule has 94 valence electrons. The van der Waals surface area contributed by atoms with E-state index in [0.29, 0.717) is 13.2 Å². The van der Waals surface area contributed by atoms with Gasteiger partial charge in [0, 0.05) is 13.2 Å². The van der Waals surface area contributed by atoms with Crippen LogP contribution in [0.2, 0.25) is 0 Å². The van der Waals surface area contributed by atoms with Gasteiger partial charge in [0.2, 0.25) is 0 Å². The van der Waals surface area contributed by atoms with Crippen molar-refractivity contribution in [3.05, 3.63) is 0 Å². The molecule has 0 aromatic rings. The topological polar surface area (TPSA) is 49.8 Å². The second-order valence-corrected chi connectivity index (χ2v) is 4.37. The average molecular weight is 229 g/mol. The second-order valence-electron chi connectivity index (χ2n) is 4.37. The third-order valence-electron chi connectivity index (χ3n) is 3.40. The Morgan fingerprint density at radius 3 is 2.81 bits per heavy atom. The first-order chi connectivity index (χ1) is 7.67. The van der Waals surface area contributed by atoms with Crippen molar-refractivity contribution in [1.82, 2.24) is 4.90 Å². The Labute approximate surface area is 97.6 Å². The Hall–Kier alpha value is -0.610. The zero-order valence-electron chi connectivity index (χ0n) is 10.4. The maximum absolute atomic E-state index is 11.5. The average Bonchev–Trinajstić information content (AvgIpc) is 2.64. The van der Waals surface area contributed by atoms with Crippen LogP contribution in [0.15, 0.2) is 0 Å². The molecule has 0 bridgehead atoms. The van der Waals surface area contributed by atoms with Crippen molar-refractivity contribution >= 4 is 5.97 Å². The highest BCUT2D eigenvalue weighted by Crippen LogP contribution is 2.33. The molecule has 0 radical (unpaired) electrons. The van der Waals surface area contributed by atoms with Gasteiger partial charge in [-0.1, -0.05) is 13.3 Å². The van der Waals surface area contributed by atoms with Crippen LogP contribution in [-0.2, 0) is 9.53 Å². The molecule has 1 atom stereocenters. The van der Waals surface area contributed by atoms with Crippen molar-refractivity contribution in [2.45, 2.75) is 45.1 Å². The van der Waals surface area contributed by atoms with Crippen molar-refractivity contribution in [3.63, 3.8) is 0 Å². The predicted molar refractivity (Wildman–Crippen MR) is 62.6 cm³/mol. The molecule has 0 spiro atoms. The van der Waals surface area contributed by atoms with Gasteiger partial charge in [-0.25, -0.2) is 0 Å². The predicted octanol–water partition coefficient (Wildman–Crippen LogP) is 1.74. The van der Waals surface area contributed by atoms with E-state index in [-0.39, 0.29) is 0 Å². The van der Waals surface area contributed by atoms with E-state index < -0.39 is 11.5 Å². The van der Waals surface area contributed by atoms with Crippen molar-refractivity contribution in [3.8, 4) is 0 Å². The molecule has 0 saturated carbocycles. The summed E-state index contributed by atoms with van der Waals surface area (Å²) in [5, 5.41) is 9.44. The Balaban J connectivity index is 2.62. The zero-order valence-corrected chi connectivity index (χ0v) is 10.4. The van der Waals surface area contributed by atoms with E-state index in [0.717, 1.165) is 38.8 Å². The molecule has 1 unspecified atom stereocenters. The maximum Gasteiger partial charge on any atom is 0.324 e. The van der Waals surface area contributed by atoms with Gasteiger partial charge in [-0.15, -0.1) is 0 Å². The minimum Gasteiger partial charge on any atom is -0.480 e. The molecule has 1 aliphatic heterocycles. The van der Waals surface area contributed by atoms with Crippen LogP contribution in [0.5, 0.6) is 0 Å². The highest BCUT2D eigenvalue weighted by molar-refractivity contribution is 5.79. The van der Waals surface area contributed by atoms with Crippen molar-refractivity contribution in [2.75, 3.05) is 26.3 Å². The van der Waals surface area contributed by atoms with E-state index in [2.05, 4.69) is 4.90 Å².